The van der Waals surface area contributed by atoms with Crippen LogP contribution >= 0.6 is 0 Å². The van der Waals surface area contributed by atoms with Crippen LogP contribution in [0.4, 0.5) is 0 Å². The molecule has 4 nitrogen and oxygen atoms in total. The van der Waals surface area contributed by atoms with Crippen LogP contribution in [0.1, 0.15) is 45.4 Å². The van der Waals surface area contributed by atoms with E-state index in [0.717, 1.165) is 25.4 Å². The summed E-state index contributed by atoms with van der Waals surface area (Å²) < 4.78 is 0. The van der Waals surface area contributed by atoms with E-state index in [4.69, 9.17) is 5.73 Å². The molecule has 1 aliphatic carbocycles. The number of hydrogen-bond acceptors (Lipinski definition) is 3. The van der Waals surface area contributed by atoms with E-state index in [2.05, 4.69) is 17.1 Å². The van der Waals surface area contributed by atoms with Crippen molar-refractivity contribution in [1.29, 1.82) is 0 Å². The molecule has 0 radical (unpaired) electrons. The molecule has 0 spiro atoms. The second kappa shape index (κ2) is 7.25. The second-order valence-corrected chi connectivity index (χ2v) is 6.43. The van der Waals surface area contributed by atoms with E-state index in [1.165, 1.54) is 38.8 Å². The molecule has 110 valence electrons. The van der Waals surface area contributed by atoms with Gasteiger partial charge in [-0.05, 0) is 63.6 Å². The predicted molar refractivity (Wildman–Crippen MR) is 77.8 cm³/mol. The first-order chi connectivity index (χ1) is 9.15. The van der Waals surface area contributed by atoms with Crippen LogP contribution in [0, 0.1) is 11.8 Å². The van der Waals surface area contributed by atoms with Gasteiger partial charge in [0.25, 0.3) is 0 Å². The number of piperidine rings is 1. The molecule has 1 atom stereocenters. The van der Waals surface area contributed by atoms with Crippen molar-refractivity contribution in [2.45, 2.75) is 51.5 Å². The van der Waals surface area contributed by atoms with Gasteiger partial charge in [-0.1, -0.05) is 6.92 Å². The highest BCUT2D eigenvalue weighted by Crippen LogP contribution is 2.32. The molecule has 1 saturated carbocycles. The van der Waals surface area contributed by atoms with Crippen molar-refractivity contribution >= 4 is 5.91 Å². The Hall–Kier alpha value is -0.610. The first kappa shape index (κ1) is 14.8. The number of nitrogens with one attached hydrogen (secondary N) is 1. The summed E-state index contributed by atoms with van der Waals surface area (Å²) in [7, 11) is 0. The summed E-state index contributed by atoms with van der Waals surface area (Å²) in [6.45, 7) is 6.69. The number of carbonyl (C=O) groups excluding carboxylic acids is 1. The van der Waals surface area contributed by atoms with Crippen molar-refractivity contribution in [2.75, 3.05) is 26.2 Å². The number of carbonyl (C=O) groups is 1. The summed E-state index contributed by atoms with van der Waals surface area (Å²) in [5, 5.41) is 3.00. The van der Waals surface area contributed by atoms with Crippen LogP contribution < -0.4 is 11.1 Å². The van der Waals surface area contributed by atoms with Crippen LogP contribution in [0.15, 0.2) is 0 Å². The minimum Gasteiger partial charge on any atom is -0.356 e. The smallest absolute Gasteiger partial charge is 0.221 e. The normalized spacial score (nSPS) is 23.3. The summed E-state index contributed by atoms with van der Waals surface area (Å²) in [5.74, 6) is 1.63. The molecule has 1 unspecified atom stereocenters. The summed E-state index contributed by atoms with van der Waals surface area (Å²) in [6, 6.07) is 0.0867. The van der Waals surface area contributed by atoms with Crippen molar-refractivity contribution in [3.8, 4) is 0 Å². The summed E-state index contributed by atoms with van der Waals surface area (Å²) in [5.41, 5.74) is 5.94. The van der Waals surface area contributed by atoms with Gasteiger partial charge in [0.15, 0.2) is 0 Å². The van der Waals surface area contributed by atoms with Crippen LogP contribution in [0.25, 0.3) is 0 Å². The third-order valence-corrected chi connectivity index (χ3v) is 4.50. The molecule has 2 rings (SSSR count). The molecule has 2 aliphatic rings. The Balaban J connectivity index is 1.48. The van der Waals surface area contributed by atoms with E-state index in [9.17, 15) is 4.79 Å². The minimum atomic E-state index is 0.0867. The topological polar surface area (TPSA) is 58.4 Å². The van der Waals surface area contributed by atoms with Crippen molar-refractivity contribution < 1.29 is 4.79 Å². The molecule has 4 heteroatoms. The zero-order valence-electron chi connectivity index (χ0n) is 12.2. The largest absolute Gasteiger partial charge is 0.356 e. The van der Waals surface area contributed by atoms with E-state index in [0.29, 0.717) is 12.3 Å². The van der Waals surface area contributed by atoms with Crippen molar-refractivity contribution in [1.82, 2.24) is 10.2 Å². The van der Waals surface area contributed by atoms with Gasteiger partial charge in [-0.15, -0.1) is 0 Å². The van der Waals surface area contributed by atoms with Crippen molar-refractivity contribution in [3.63, 3.8) is 0 Å². The SMILES string of the molecule is CC1CCN(CCCNC(=O)CC(N)C2CC2)CC1. The van der Waals surface area contributed by atoms with Gasteiger partial charge < -0.3 is 16.0 Å². The molecular formula is C15H29N3O. The van der Waals surface area contributed by atoms with Crippen molar-refractivity contribution in [3.05, 3.63) is 0 Å². The van der Waals surface area contributed by atoms with Gasteiger partial charge in [0.2, 0.25) is 5.91 Å². The maximum atomic E-state index is 11.7. The molecule has 0 aromatic carbocycles. The Labute approximate surface area is 117 Å². The molecule has 0 aromatic rings. The maximum Gasteiger partial charge on any atom is 0.221 e. The van der Waals surface area contributed by atoms with E-state index < -0.39 is 0 Å². The van der Waals surface area contributed by atoms with Gasteiger partial charge in [-0.2, -0.15) is 0 Å². The molecule has 2 fully saturated rings. The van der Waals surface area contributed by atoms with Crippen LogP contribution in [0.2, 0.25) is 0 Å². The number of nitrogens with zero attached hydrogens (tertiary/aromatic N) is 1. The standard InChI is InChI=1S/C15H29N3O/c1-12-5-9-18(10-6-12)8-2-7-17-15(19)11-14(16)13-3-4-13/h12-14H,2-11,16H2,1H3,(H,17,19). The lowest BCUT2D eigenvalue weighted by molar-refractivity contribution is -0.121. The number of hydrogen-bond donors (Lipinski definition) is 2. The monoisotopic (exact) mass is 267 g/mol. The number of amides is 1. The predicted octanol–water partition coefficient (Wildman–Crippen LogP) is 1.35. The molecule has 1 amide bonds. The summed E-state index contributed by atoms with van der Waals surface area (Å²) in [6.07, 6.45) is 6.62. The Morgan fingerprint density at radius 3 is 2.63 bits per heavy atom. The van der Waals surface area contributed by atoms with E-state index >= 15 is 0 Å². The maximum absolute atomic E-state index is 11.7. The highest BCUT2D eigenvalue weighted by molar-refractivity contribution is 5.76. The van der Waals surface area contributed by atoms with Gasteiger partial charge in [0.05, 0.1) is 0 Å². The molecule has 1 heterocycles. The van der Waals surface area contributed by atoms with Crippen LogP contribution in [0.3, 0.4) is 0 Å². The highest BCUT2D eigenvalue weighted by atomic mass is 16.1. The fraction of sp³-hybridized carbons (Fsp3) is 0.933. The molecule has 0 aromatic heterocycles. The molecule has 0 bridgehead atoms. The van der Waals surface area contributed by atoms with Crippen molar-refractivity contribution in [2.24, 2.45) is 17.6 Å². The lowest BCUT2D eigenvalue weighted by atomic mass is 9.99. The van der Waals surface area contributed by atoms with Crippen LogP contribution in [0.5, 0.6) is 0 Å². The third kappa shape index (κ3) is 5.49. The average Bonchev–Trinajstić information content (AvgIpc) is 3.21. The Morgan fingerprint density at radius 2 is 2.00 bits per heavy atom. The molecular weight excluding hydrogens is 238 g/mol. The summed E-state index contributed by atoms with van der Waals surface area (Å²) in [4.78, 5) is 14.2. The fourth-order valence-corrected chi connectivity index (χ4v) is 2.79. The van der Waals surface area contributed by atoms with Crippen LogP contribution in [-0.4, -0.2) is 43.0 Å². The Morgan fingerprint density at radius 1 is 1.32 bits per heavy atom. The first-order valence-corrected chi connectivity index (χ1v) is 7.90. The highest BCUT2D eigenvalue weighted by Gasteiger charge is 2.29. The minimum absolute atomic E-state index is 0.0867. The lowest BCUT2D eigenvalue weighted by Crippen LogP contribution is -2.36. The van der Waals surface area contributed by atoms with Gasteiger partial charge in [0.1, 0.15) is 0 Å². The number of nitrogens with two attached hydrogens (primary N) is 1. The third-order valence-electron chi connectivity index (χ3n) is 4.50. The van der Waals surface area contributed by atoms with Gasteiger partial charge in [-0.3, -0.25) is 4.79 Å². The van der Waals surface area contributed by atoms with Gasteiger partial charge in [0, 0.05) is 19.0 Å². The lowest BCUT2D eigenvalue weighted by Gasteiger charge is -2.30. The Bertz CT molecular complexity index is 283. The van der Waals surface area contributed by atoms with E-state index in [1.54, 1.807) is 0 Å². The van der Waals surface area contributed by atoms with Gasteiger partial charge in [-0.25, -0.2) is 0 Å². The molecule has 19 heavy (non-hydrogen) atoms. The number of rotatable bonds is 7. The zero-order chi connectivity index (χ0) is 13.7. The Kier molecular flexibility index (Phi) is 5.64. The molecule has 1 aliphatic heterocycles. The van der Waals surface area contributed by atoms with Crippen LogP contribution in [-0.2, 0) is 4.79 Å². The second-order valence-electron chi connectivity index (χ2n) is 6.43. The molecule has 1 saturated heterocycles. The quantitative estimate of drug-likeness (QED) is 0.685. The van der Waals surface area contributed by atoms with E-state index in [-0.39, 0.29) is 11.9 Å². The van der Waals surface area contributed by atoms with Gasteiger partial charge >= 0.3 is 0 Å². The average molecular weight is 267 g/mol. The molecule has 3 N–H and O–H groups in total. The summed E-state index contributed by atoms with van der Waals surface area (Å²) >= 11 is 0. The zero-order valence-corrected chi connectivity index (χ0v) is 12.2. The first-order valence-electron chi connectivity index (χ1n) is 7.90. The fourth-order valence-electron chi connectivity index (χ4n) is 2.79. The van der Waals surface area contributed by atoms with E-state index in [1.807, 2.05) is 0 Å². The number of likely N-dealkylation sites (tertiary alicyclic amines) is 1.